The van der Waals surface area contributed by atoms with Gasteiger partial charge in [0.05, 0.1) is 0 Å². The van der Waals surface area contributed by atoms with Gasteiger partial charge in [-0.3, -0.25) is 0 Å². The smallest absolute Gasteiger partial charge is 0.0209 e. The summed E-state index contributed by atoms with van der Waals surface area (Å²) in [6, 6.07) is 12.9. The van der Waals surface area contributed by atoms with Crippen LogP contribution >= 0.6 is 22.6 Å². The Morgan fingerprint density at radius 3 is 2.38 bits per heavy atom. The van der Waals surface area contributed by atoms with Crippen LogP contribution in [0.2, 0.25) is 0 Å². The van der Waals surface area contributed by atoms with Gasteiger partial charge in [-0.15, -0.1) is 0 Å². The molecule has 0 saturated heterocycles. The van der Waals surface area contributed by atoms with Crippen LogP contribution in [0.5, 0.6) is 0 Å². The molecule has 0 unspecified atom stereocenters. The first kappa shape index (κ1) is 11.4. The Morgan fingerprint density at radius 1 is 1.00 bits per heavy atom. The van der Waals surface area contributed by atoms with Crippen molar-refractivity contribution in [3.63, 3.8) is 0 Å². The van der Waals surface area contributed by atoms with Crippen LogP contribution in [-0.4, -0.2) is 0 Å². The number of allylic oxidation sites excluding steroid dienone is 3. The van der Waals surface area contributed by atoms with Crippen molar-refractivity contribution in [3.05, 3.63) is 63.8 Å². The maximum absolute atomic E-state index is 2.38. The van der Waals surface area contributed by atoms with Crippen molar-refractivity contribution in [2.45, 2.75) is 6.92 Å². The molecule has 0 aromatic heterocycles. The van der Waals surface area contributed by atoms with E-state index in [9.17, 15) is 0 Å². The molecule has 2 rings (SSSR count). The van der Waals surface area contributed by atoms with Crippen LogP contribution in [0.3, 0.4) is 0 Å². The molecule has 0 bridgehead atoms. The molecule has 0 aliphatic rings. The molecule has 0 N–H and O–H groups in total. The third kappa shape index (κ3) is 2.53. The van der Waals surface area contributed by atoms with E-state index in [0.717, 1.165) is 0 Å². The van der Waals surface area contributed by atoms with Crippen LogP contribution in [-0.2, 0) is 0 Å². The quantitative estimate of drug-likeness (QED) is 0.537. The number of halogens is 1. The van der Waals surface area contributed by atoms with Gasteiger partial charge >= 0.3 is 0 Å². The Kier molecular flexibility index (Phi) is 3.78. The van der Waals surface area contributed by atoms with Gasteiger partial charge in [0, 0.05) is 3.57 Å². The van der Waals surface area contributed by atoms with Crippen LogP contribution in [0.15, 0.2) is 54.6 Å². The largest absolute Gasteiger partial charge is 0.0877 e. The zero-order valence-electron chi connectivity index (χ0n) is 9.15. The molecule has 0 saturated carbocycles. The molecule has 0 fully saturated rings. The number of hydrogen-bond acceptors (Lipinski definition) is 0. The first-order valence-corrected chi connectivity index (χ1v) is 6.37. The Bertz CT molecular complexity index is 550. The minimum absolute atomic E-state index is 1.28. The van der Waals surface area contributed by atoms with Crippen LogP contribution < -0.4 is 0 Å². The first-order valence-electron chi connectivity index (χ1n) is 5.29. The van der Waals surface area contributed by atoms with Crippen molar-refractivity contribution >= 4 is 39.4 Å². The molecule has 2 aromatic carbocycles. The van der Waals surface area contributed by atoms with Gasteiger partial charge in [0.25, 0.3) is 0 Å². The zero-order valence-corrected chi connectivity index (χ0v) is 11.3. The highest BCUT2D eigenvalue weighted by Crippen LogP contribution is 2.22. The summed E-state index contributed by atoms with van der Waals surface area (Å²) < 4.78 is 1.29. The fraction of sp³-hybridized carbons (Fsp3) is 0.0667. The van der Waals surface area contributed by atoms with Crippen molar-refractivity contribution < 1.29 is 0 Å². The maximum Gasteiger partial charge on any atom is 0.0209 e. The Balaban J connectivity index is 2.50. The molecule has 0 spiro atoms. The predicted molar refractivity (Wildman–Crippen MR) is 80.5 cm³/mol. The second kappa shape index (κ2) is 5.30. The third-order valence-electron chi connectivity index (χ3n) is 2.44. The second-order valence-corrected chi connectivity index (χ2v) is 4.77. The summed E-state index contributed by atoms with van der Waals surface area (Å²) in [5.74, 6) is 0. The summed E-state index contributed by atoms with van der Waals surface area (Å²) in [6.07, 6.45) is 8.30. The monoisotopic (exact) mass is 320 g/mol. The number of rotatable bonds is 2. The minimum atomic E-state index is 1.28. The first-order chi connectivity index (χ1) is 7.81. The molecule has 2 aromatic rings. The molecule has 80 valence electrons. The van der Waals surface area contributed by atoms with Gasteiger partial charge in [0.2, 0.25) is 0 Å². The highest BCUT2D eigenvalue weighted by atomic mass is 127. The van der Waals surface area contributed by atoms with E-state index in [1.807, 2.05) is 19.1 Å². The molecule has 0 amide bonds. The lowest BCUT2D eigenvalue weighted by Crippen LogP contribution is -1.81. The number of hydrogen-bond donors (Lipinski definition) is 0. The fourth-order valence-corrected chi connectivity index (χ4v) is 2.30. The topological polar surface area (TPSA) is 0 Å². The van der Waals surface area contributed by atoms with Crippen molar-refractivity contribution in [3.8, 4) is 0 Å². The lowest BCUT2D eigenvalue weighted by Gasteiger charge is -2.02. The molecule has 0 nitrogen and oxygen atoms in total. The van der Waals surface area contributed by atoms with Gasteiger partial charge in [0.15, 0.2) is 0 Å². The van der Waals surface area contributed by atoms with E-state index in [0.29, 0.717) is 0 Å². The molecule has 0 heterocycles. The molecule has 0 radical (unpaired) electrons. The molecule has 16 heavy (non-hydrogen) atoms. The average Bonchev–Trinajstić information content (AvgIpc) is 2.30. The van der Waals surface area contributed by atoms with Crippen molar-refractivity contribution in [2.75, 3.05) is 0 Å². The van der Waals surface area contributed by atoms with E-state index in [1.54, 1.807) is 0 Å². The molecular weight excluding hydrogens is 307 g/mol. The van der Waals surface area contributed by atoms with E-state index in [4.69, 9.17) is 0 Å². The molecule has 0 aliphatic heterocycles. The van der Waals surface area contributed by atoms with Gasteiger partial charge in [-0.1, -0.05) is 48.6 Å². The molecule has 1 heteroatoms. The van der Waals surface area contributed by atoms with Crippen LogP contribution in [0.1, 0.15) is 12.5 Å². The van der Waals surface area contributed by atoms with E-state index in [2.05, 4.69) is 71.1 Å². The standard InChI is InChI=1S/C15H13I/c1-2-3-4-9-14-10-12-7-5-6-8-13(12)11-15(14)16/h2-11H,1H3/b3-2-,9-4-. The van der Waals surface area contributed by atoms with Gasteiger partial charge in [0.1, 0.15) is 0 Å². The van der Waals surface area contributed by atoms with E-state index < -0.39 is 0 Å². The third-order valence-corrected chi connectivity index (χ3v) is 3.38. The van der Waals surface area contributed by atoms with Gasteiger partial charge in [-0.2, -0.15) is 0 Å². The lowest BCUT2D eigenvalue weighted by molar-refractivity contribution is 1.64. The summed E-state index contributed by atoms with van der Waals surface area (Å²) in [7, 11) is 0. The highest BCUT2D eigenvalue weighted by molar-refractivity contribution is 14.1. The van der Waals surface area contributed by atoms with Crippen molar-refractivity contribution in [2.24, 2.45) is 0 Å². The van der Waals surface area contributed by atoms with Crippen LogP contribution in [0, 0.1) is 3.57 Å². The van der Waals surface area contributed by atoms with Gasteiger partial charge in [-0.25, -0.2) is 0 Å². The Morgan fingerprint density at radius 2 is 1.69 bits per heavy atom. The predicted octanol–water partition coefficient (Wildman–Crippen LogP) is 5.03. The summed E-state index contributed by atoms with van der Waals surface area (Å²) in [5, 5.41) is 2.60. The van der Waals surface area contributed by atoms with Crippen molar-refractivity contribution in [1.82, 2.24) is 0 Å². The highest BCUT2D eigenvalue weighted by Gasteiger charge is 1.98. The number of fused-ring (bicyclic) bond motifs is 1. The Labute approximate surface area is 110 Å². The molecule has 0 atom stereocenters. The lowest BCUT2D eigenvalue weighted by atomic mass is 10.1. The summed E-state index contributed by atoms with van der Waals surface area (Å²) in [5.41, 5.74) is 1.28. The Hall–Kier alpha value is -1.09. The molecular formula is C15H13I. The second-order valence-electron chi connectivity index (χ2n) is 3.61. The van der Waals surface area contributed by atoms with Crippen LogP contribution in [0.25, 0.3) is 16.8 Å². The fourth-order valence-electron chi connectivity index (χ4n) is 1.63. The van der Waals surface area contributed by atoms with E-state index >= 15 is 0 Å². The summed E-state index contributed by atoms with van der Waals surface area (Å²) >= 11 is 2.38. The minimum Gasteiger partial charge on any atom is -0.0877 e. The molecule has 0 aliphatic carbocycles. The van der Waals surface area contributed by atoms with E-state index in [-0.39, 0.29) is 0 Å². The number of benzene rings is 2. The maximum atomic E-state index is 2.38. The summed E-state index contributed by atoms with van der Waals surface area (Å²) in [6.45, 7) is 2.02. The van der Waals surface area contributed by atoms with E-state index in [1.165, 1.54) is 19.9 Å². The van der Waals surface area contributed by atoms with Gasteiger partial charge < -0.3 is 0 Å². The summed E-state index contributed by atoms with van der Waals surface area (Å²) in [4.78, 5) is 0. The van der Waals surface area contributed by atoms with Crippen molar-refractivity contribution in [1.29, 1.82) is 0 Å². The normalized spacial score (nSPS) is 11.9. The van der Waals surface area contributed by atoms with Gasteiger partial charge in [-0.05, 0) is 58.0 Å². The van der Waals surface area contributed by atoms with Crippen LogP contribution in [0.4, 0.5) is 0 Å². The zero-order chi connectivity index (χ0) is 11.4. The SMILES string of the molecule is C/C=C\C=C/c1cc2ccccc2cc1I. The average molecular weight is 320 g/mol.